The molecule has 4 aliphatic rings. The zero-order chi connectivity index (χ0) is 48.7. The Morgan fingerprint density at radius 1 is 0.896 bits per heavy atom. The fourth-order valence-corrected chi connectivity index (χ4v) is 11.2. The minimum absolute atomic E-state index is 0.0171. The van der Waals surface area contributed by atoms with Crippen molar-refractivity contribution in [2.45, 2.75) is 180 Å². The number of fused-ring (bicyclic) bond motifs is 4. The van der Waals surface area contributed by atoms with Crippen molar-refractivity contribution >= 4 is 34.3 Å². The molecule has 3 aliphatic heterocycles. The summed E-state index contributed by atoms with van der Waals surface area (Å²) in [4.78, 5) is 58.6. The monoisotopic (exact) mass is 935 g/mol. The first-order chi connectivity index (χ1) is 32.0. The highest BCUT2D eigenvalue weighted by Gasteiger charge is 2.56. The molecule has 1 amide bonds. The molecular weight excluding hydrogens is 857 g/mol. The number of amides is 1. The smallest absolute Gasteiger partial charge is 0.329 e. The number of nitrogens with zero attached hydrogens (tertiary/aromatic N) is 2. The van der Waals surface area contributed by atoms with Crippen molar-refractivity contribution in [3.05, 3.63) is 53.8 Å². The Balaban J connectivity index is 1.30. The van der Waals surface area contributed by atoms with Gasteiger partial charge >= 0.3 is 5.97 Å². The molecule has 1 aromatic heterocycles. The van der Waals surface area contributed by atoms with Crippen LogP contribution in [-0.2, 0) is 49.4 Å². The number of Topliss-reactive ketones (excluding diaryl/α,β-unsaturated/α-hetero) is 2. The number of aliphatic hydroxyl groups excluding tert-OH is 1. The summed E-state index contributed by atoms with van der Waals surface area (Å²) in [5.41, 5.74) is 2.85. The molecule has 3 fully saturated rings. The van der Waals surface area contributed by atoms with Crippen LogP contribution in [0.25, 0.3) is 10.9 Å². The minimum Gasteiger partial charge on any atom is -0.488 e. The van der Waals surface area contributed by atoms with Gasteiger partial charge in [-0.3, -0.25) is 14.4 Å². The number of piperidine rings is 1. The number of ketones is 2. The van der Waals surface area contributed by atoms with Crippen LogP contribution >= 0.6 is 0 Å². The fourth-order valence-electron chi connectivity index (χ4n) is 11.2. The number of esters is 1. The number of benzene rings is 1. The number of rotatable bonds is 9. The normalized spacial score (nSPS) is 36.7. The molecule has 1 saturated carbocycles. The zero-order valence-electron chi connectivity index (χ0n) is 41.6. The Bertz CT molecular complexity index is 2100. The number of cyclic esters (lactones) is 1. The Labute approximate surface area is 397 Å². The van der Waals surface area contributed by atoms with E-state index in [4.69, 9.17) is 28.4 Å². The summed E-state index contributed by atoms with van der Waals surface area (Å²) in [5.74, 6) is -6.70. The van der Waals surface area contributed by atoms with Crippen LogP contribution in [0.15, 0.2) is 53.8 Å². The van der Waals surface area contributed by atoms with Crippen LogP contribution in [0.2, 0.25) is 0 Å². The van der Waals surface area contributed by atoms with Gasteiger partial charge in [-0.05, 0) is 127 Å². The molecule has 0 radical (unpaired) electrons. The van der Waals surface area contributed by atoms with E-state index in [1.807, 2.05) is 32.9 Å². The molecule has 1 aromatic carbocycles. The third kappa shape index (κ3) is 11.9. The number of allylic oxidation sites excluding steroid dienone is 3. The number of carbonyl (C=O) groups excluding carboxylic acids is 4. The molecule has 14 nitrogen and oxygen atoms in total. The summed E-state index contributed by atoms with van der Waals surface area (Å²) in [5, 5.41) is 25.1. The standard InChI is InChI=1S/C53H78N2O12/c1-11-37-24-31(3)23-32(4)25-46(63-9)49-47(64-10)27-34(6)53(61,67-49)50(58)51(59)55-21-14-13-15-41(55)52(60)66-48(35(7)42(56)30-43(37)57)33(5)26-36-16-19-44(45(28-36)62-8)65-39-17-18-40-38(29-39)20-22-54(40)12-2/h17-18,20,22,24,26,29,32,34-37,41-42,44-49,56,61H,11-16,19,21,23,25,27-28,30H2,1-10H3/b31-24+,33-26+/t32-,34+,35+,36-,37+,41-,42-,44+,45+,46-,47-,48+,49+,53+/m0/s1. The van der Waals surface area contributed by atoms with Gasteiger partial charge in [0.15, 0.2) is 0 Å². The molecular formula is C53H78N2O12. The maximum Gasteiger partial charge on any atom is 0.329 e. The summed E-state index contributed by atoms with van der Waals surface area (Å²) >= 11 is 0. The van der Waals surface area contributed by atoms with Crippen molar-refractivity contribution < 1.29 is 57.8 Å². The second-order valence-electron chi connectivity index (χ2n) is 20.1. The third-order valence-corrected chi connectivity index (χ3v) is 15.2. The van der Waals surface area contributed by atoms with Crippen molar-refractivity contribution in [3.8, 4) is 5.75 Å². The molecule has 2 aromatic rings. The van der Waals surface area contributed by atoms with Crippen molar-refractivity contribution in [2.24, 2.45) is 29.6 Å². The maximum absolute atomic E-state index is 14.6. The largest absolute Gasteiger partial charge is 0.488 e. The summed E-state index contributed by atoms with van der Waals surface area (Å²) in [6.07, 6.45) is 6.74. The van der Waals surface area contributed by atoms with Gasteiger partial charge in [-0.25, -0.2) is 4.79 Å². The minimum atomic E-state index is -2.51. The molecule has 14 heteroatoms. The van der Waals surface area contributed by atoms with E-state index in [0.29, 0.717) is 50.5 Å². The van der Waals surface area contributed by atoms with Gasteiger partial charge in [0.25, 0.3) is 11.7 Å². The molecule has 2 saturated heterocycles. The molecule has 1 aliphatic carbocycles. The molecule has 2 bridgehead atoms. The lowest BCUT2D eigenvalue weighted by molar-refractivity contribution is -0.302. The highest BCUT2D eigenvalue weighted by molar-refractivity contribution is 6.39. The topological polar surface area (TPSA) is 172 Å². The summed E-state index contributed by atoms with van der Waals surface area (Å²) in [7, 11) is 4.77. The predicted molar refractivity (Wildman–Crippen MR) is 254 cm³/mol. The Kier molecular flexibility index (Phi) is 18.1. The number of aromatic nitrogens is 1. The SMILES string of the molecule is CC[C@@H]1/C=C(\C)C[C@H](C)C[C@H](OC)[C@H]2O[C@@](O)(C(=O)C(=O)N3CCCC[C@H]3C(=O)O[C@H](/C(C)=C/[C@@H]3CC[C@@H](Oc4ccc5c(ccn5CC)c4)[C@H](OC)C3)[C@H](C)[C@@H](O)CC1=O)[C@H](C)C[C@@H]2OC. The molecule has 2 N–H and O–H groups in total. The third-order valence-electron chi connectivity index (χ3n) is 15.2. The number of hydrogen-bond donors (Lipinski definition) is 2. The predicted octanol–water partition coefficient (Wildman–Crippen LogP) is 7.53. The van der Waals surface area contributed by atoms with Crippen LogP contribution in [0.3, 0.4) is 0 Å². The van der Waals surface area contributed by atoms with Crippen molar-refractivity contribution in [1.29, 1.82) is 0 Å². The van der Waals surface area contributed by atoms with E-state index in [-0.39, 0.29) is 55.6 Å². The average molecular weight is 935 g/mol. The van der Waals surface area contributed by atoms with E-state index >= 15 is 0 Å². The first-order valence-electron chi connectivity index (χ1n) is 24.8. The molecule has 6 rings (SSSR count). The Morgan fingerprint density at radius 3 is 2.30 bits per heavy atom. The van der Waals surface area contributed by atoms with Crippen LogP contribution in [0.4, 0.5) is 0 Å². The first kappa shape index (κ1) is 52.5. The van der Waals surface area contributed by atoms with E-state index in [9.17, 15) is 29.4 Å². The second kappa shape index (κ2) is 23.1. The van der Waals surface area contributed by atoms with Crippen LogP contribution in [-0.4, -0.2) is 126 Å². The van der Waals surface area contributed by atoms with Gasteiger partial charge in [0, 0.05) is 75.7 Å². The van der Waals surface area contributed by atoms with Crippen molar-refractivity contribution in [1.82, 2.24) is 9.47 Å². The van der Waals surface area contributed by atoms with E-state index in [1.54, 1.807) is 35.2 Å². The molecule has 67 heavy (non-hydrogen) atoms. The van der Waals surface area contributed by atoms with E-state index < -0.39 is 77.8 Å². The van der Waals surface area contributed by atoms with Crippen LogP contribution in [0.5, 0.6) is 5.75 Å². The fraction of sp³-hybridized carbons (Fsp3) is 0.698. The molecule has 372 valence electrons. The maximum atomic E-state index is 14.6. The zero-order valence-corrected chi connectivity index (χ0v) is 41.6. The summed E-state index contributed by atoms with van der Waals surface area (Å²) in [6.45, 7) is 14.4. The molecule has 14 atom stereocenters. The van der Waals surface area contributed by atoms with Crippen molar-refractivity contribution in [2.75, 3.05) is 27.9 Å². The first-order valence-corrected chi connectivity index (χ1v) is 24.8. The van der Waals surface area contributed by atoms with Gasteiger partial charge in [-0.1, -0.05) is 45.4 Å². The molecule has 0 spiro atoms. The lowest BCUT2D eigenvalue weighted by Gasteiger charge is -2.47. The average Bonchev–Trinajstić information content (AvgIpc) is 3.74. The summed E-state index contributed by atoms with van der Waals surface area (Å²) in [6, 6.07) is 7.09. The number of ether oxygens (including phenoxy) is 6. The van der Waals surface area contributed by atoms with Gasteiger partial charge in [0.2, 0.25) is 5.79 Å². The van der Waals surface area contributed by atoms with Gasteiger partial charge in [0.1, 0.15) is 35.9 Å². The Hall–Kier alpha value is -3.92. The van der Waals surface area contributed by atoms with Crippen LogP contribution < -0.4 is 4.74 Å². The van der Waals surface area contributed by atoms with Gasteiger partial charge in [-0.15, -0.1) is 0 Å². The van der Waals surface area contributed by atoms with Gasteiger partial charge in [-0.2, -0.15) is 0 Å². The quantitative estimate of drug-likeness (QED) is 0.144. The number of methoxy groups -OCH3 is 3. The van der Waals surface area contributed by atoms with E-state index in [2.05, 4.69) is 48.9 Å². The number of aryl methyl sites for hydroxylation is 1. The van der Waals surface area contributed by atoms with Crippen LogP contribution in [0.1, 0.15) is 119 Å². The number of aliphatic hydroxyl groups is 2. The van der Waals surface area contributed by atoms with E-state index in [1.165, 1.54) is 4.90 Å². The number of carbonyl (C=O) groups is 4. The molecule has 0 unspecified atom stereocenters. The molecule has 4 heterocycles. The Morgan fingerprint density at radius 2 is 1.61 bits per heavy atom. The van der Waals surface area contributed by atoms with E-state index in [0.717, 1.165) is 35.2 Å². The highest BCUT2D eigenvalue weighted by atomic mass is 16.7. The number of hydrogen-bond acceptors (Lipinski definition) is 12. The van der Waals surface area contributed by atoms with Gasteiger partial charge in [0.05, 0.1) is 24.4 Å². The van der Waals surface area contributed by atoms with Crippen LogP contribution in [0, 0.1) is 29.6 Å². The lowest BCUT2D eigenvalue weighted by atomic mass is 9.81. The van der Waals surface area contributed by atoms with Crippen molar-refractivity contribution in [3.63, 3.8) is 0 Å². The lowest BCUT2D eigenvalue weighted by Crippen LogP contribution is -2.64. The highest BCUT2D eigenvalue weighted by Crippen LogP contribution is 2.40. The summed E-state index contributed by atoms with van der Waals surface area (Å²) < 4.78 is 39.3. The van der Waals surface area contributed by atoms with Gasteiger partial charge < -0.3 is 48.1 Å². The second-order valence-corrected chi connectivity index (χ2v) is 20.1.